The summed E-state index contributed by atoms with van der Waals surface area (Å²) in [5.74, 6) is 1.80. The summed E-state index contributed by atoms with van der Waals surface area (Å²) in [6.45, 7) is 0. The third-order valence-electron chi connectivity index (χ3n) is 13.0. The fourth-order valence-corrected chi connectivity index (χ4v) is 11.1. The van der Waals surface area contributed by atoms with Gasteiger partial charge in [0.25, 0.3) is 0 Å². The van der Waals surface area contributed by atoms with Gasteiger partial charge in [0.2, 0.25) is 0 Å². The van der Waals surface area contributed by atoms with Crippen LogP contribution in [0.1, 0.15) is 0 Å². The summed E-state index contributed by atoms with van der Waals surface area (Å²) in [6.07, 6.45) is 0. The number of para-hydroxylation sites is 1. The summed E-state index contributed by atoms with van der Waals surface area (Å²) >= 11 is 1.79. The molecule has 0 aliphatic carbocycles. The molecule has 0 aliphatic rings. The Morgan fingerprint density at radius 2 is 0.908 bits per heavy atom. The molecule has 0 atom stereocenters. The summed E-state index contributed by atoms with van der Waals surface area (Å²) < 4.78 is 11.5. The maximum absolute atomic E-state index is 6.70. The van der Waals surface area contributed by atoms with E-state index in [1.54, 1.807) is 11.3 Å². The Morgan fingerprint density at radius 3 is 1.63 bits per heavy atom. The number of hydrogen-bond acceptors (Lipinski definition) is 5. The lowest BCUT2D eigenvalue weighted by atomic mass is 10.0. The smallest absolute Gasteiger partial charge is 0.166 e. The van der Waals surface area contributed by atoms with Crippen LogP contribution in [0.25, 0.3) is 136 Å². The molecule has 6 heteroatoms. The van der Waals surface area contributed by atoms with Crippen LogP contribution in [0.15, 0.2) is 211 Å². The van der Waals surface area contributed by atoms with Crippen molar-refractivity contribution in [3.8, 4) is 51.0 Å². The Morgan fingerprint density at radius 1 is 0.354 bits per heavy atom. The SMILES string of the molecule is c1ccc(-c2ccc(-c3nc(-c4cc5c(cc4-n4c6cc7ccccc7cc6c6cc7ccccc7cc64)oc4ccccc45)nc(-c4cccc5sc6ccccc6c45)n3)cc2)cc1. The number of hydrogen-bond donors (Lipinski definition) is 0. The Balaban J connectivity index is 1.10. The third kappa shape index (κ3) is 5.67. The Bertz CT molecular complexity index is 4150. The summed E-state index contributed by atoms with van der Waals surface area (Å²) in [4.78, 5) is 16.4. The van der Waals surface area contributed by atoms with Gasteiger partial charge in [-0.3, -0.25) is 0 Å². The molecule has 0 N–H and O–H groups in total. The van der Waals surface area contributed by atoms with Gasteiger partial charge in [0, 0.05) is 64.5 Å². The molecule has 0 radical (unpaired) electrons. The van der Waals surface area contributed by atoms with Crippen LogP contribution < -0.4 is 0 Å². The third-order valence-corrected chi connectivity index (χ3v) is 14.1. The van der Waals surface area contributed by atoms with Crippen LogP contribution in [0.4, 0.5) is 0 Å². The van der Waals surface area contributed by atoms with Crippen LogP contribution in [0.2, 0.25) is 0 Å². The molecular weight excluding hydrogens is 813 g/mol. The van der Waals surface area contributed by atoms with Crippen LogP contribution >= 0.6 is 11.3 Å². The van der Waals surface area contributed by atoms with Gasteiger partial charge in [-0.05, 0) is 81.2 Å². The van der Waals surface area contributed by atoms with E-state index in [4.69, 9.17) is 19.4 Å². The van der Waals surface area contributed by atoms with Gasteiger partial charge in [-0.25, -0.2) is 15.0 Å². The summed E-state index contributed by atoms with van der Waals surface area (Å²) in [5, 5.41) is 11.4. The summed E-state index contributed by atoms with van der Waals surface area (Å²) in [7, 11) is 0. The van der Waals surface area contributed by atoms with Crippen molar-refractivity contribution in [3.05, 3.63) is 206 Å². The minimum absolute atomic E-state index is 0.576. The molecule has 0 saturated heterocycles. The van der Waals surface area contributed by atoms with Crippen molar-refractivity contribution in [1.29, 1.82) is 0 Å². The van der Waals surface area contributed by atoms with Gasteiger partial charge in [-0.2, -0.15) is 0 Å². The van der Waals surface area contributed by atoms with Crippen LogP contribution in [-0.2, 0) is 0 Å². The highest BCUT2D eigenvalue weighted by Crippen LogP contribution is 2.44. The minimum Gasteiger partial charge on any atom is -0.456 e. The van der Waals surface area contributed by atoms with Crippen LogP contribution in [-0.4, -0.2) is 19.5 Å². The average Bonchev–Trinajstić information content (AvgIpc) is 4.03. The van der Waals surface area contributed by atoms with E-state index in [-0.39, 0.29) is 0 Å². The normalized spacial score (nSPS) is 12.0. The zero-order valence-corrected chi connectivity index (χ0v) is 35.6. The van der Waals surface area contributed by atoms with Crippen molar-refractivity contribution >= 4 is 96.8 Å². The zero-order valence-electron chi connectivity index (χ0n) is 34.7. The summed E-state index contributed by atoms with van der Waals surface area (Å²) in [5.41, 5.74) is 9.76. The highest BCUT2D eigenvalue weighted by molar-refractivity contribution is 7.25. The van der Waals surface area contributed by atoms with E-state index in [9.17, 15) is 0 Å². The van der Waals surface area contributed by atoms with E-state index in [2.05, 4.69) is 193 Å². The molecule has 65 heavy (non-hydrogen) atoms. The number of fused-ring (bicyclic) bond motifs is 11. The number of benzene rings is 10. The minimum atomic E-state index is 0.576. The summed E-state index contributed by atoms with van der Waals surface area (Å²) in [6, 6.07) is 73.3. The molecule has 0 amide bonds. The van der Waals surface area contributed by atoms with Gasteiger partial charge in [0.1, 0.15) is 11.2 Å². The van der Waals surface area contributed by atoms with Gasteiger partial charge in [-0.15, -0.1) is 11.3 Å². The molecular formula is C59H34N4OS. The Kier molecular flexibility index (Phi) is 7.79. The molecule has 0 bridgehead atoms. The van der Waals surface area contributed by atoms with E-state index >= 15 is 0 Å². The molecule has 0 fully saturated rings. The Labute approximate surface area is 376 Å². The second-order valence-corrected chi connectivity index (χ2v) is 17.8. The second kappa shape index (κ2) is 14.0. The van der Waals surface area contributed by atoms with E-state index in [1.165, 1.54) is 47.1 Å². The van der Waals surface area contributed by atoms with E-state index in [0.29, 0.717) is 17.5 Å². The lowest BCUT2D eigenvalue weighted by molar-refractivity contribution is 0.668. The van der Waals surface area contributed by atoms with E-state index in [1.807, 2.05) is 18.2 Å². The predicted octanol–water partition coefficient (Wildman–Crippen LogP) is 16.2. The molecule has 5 nitrogen and oxygen atoms in total. The molecule has 0 aliphatic heterocycles. The first-order valence-electron chi connectivity index (χ1n) is 21.8. The first-order chi connectivity index (χ1) is 32.2. The molecule has 10 aromatic carbocycles. The van der Waals surface area contributed by atoms with Crippen molar-refractivity contribution in [2.45, 2.75) is 0 Å². The molecule has 14 aromatic rings. The monoisotopic (exact) mass is 846 g/mol. The molecule has 0 saturated carbocycles. The number of furan rings is 1. The van der Waals surface area contributed by atoms with E-state index < -0.39 is 0 Å². The van der Waals surface area contributed by atoms with Crippen molar-refractivity contribution in [2.24, 2.45) is 0 Å². The standard InChI is InChI=1S/C59H34N4OS/c1-2-13-35(14-3-1)36-25-27-37(28-26-36)57-60-58(44-21-12-24-55-56(44)43-20-9-11-23-54(43)65-55)62-59(61-57)48-33-47-42-19-8-10-22-52(42)64-53(47)34-51(48)63-49-31-40-17-6-4-15-38(40)29-45(49)46-30-39-16-5-7-18-41(39)32-50(46)63/h1-34H. The first-order valence-corrected chi connectivity index (χ1v) is 22.6. The lowest BCUT2D eigenvalue weighted by Gasteiger charge is -2.16. The van der Waals surface area contributed by atoms with Gasteiger partial charge < -0.3 is 8.98 Å². The maximum Gasteiger partial charge on any atom is 0.166 e. The molecule has 0 unspecified atom stereocenters. The van der Waals surface area contributed by atoms with E-state index in [0.717, 1.165) is 71.9 Å². The van der Waals surface area contributed by atoms with Gasteiger partial charge in [-0.1, -0.05) is 152 Å². The fourth-order valence-electron chi connectivity index (χ4n) is 9.92. The van der Waals surface area contributed by atoms with Gasteiger partial charge in [0.15, 0.2) is 17.5 Å². The number of nitrogens with zero attached hydrogens (tertiary/aromatic N) is 4. The molecule has 14 rings (SSSR count). The quantitative estimate of drug-likeness (QED) is 0.173. The largest absolute Gasteiger partial charge is 0.456 e. The van der Waals surface area contributed by atoms with Gasteiger partial charge in [0.05, 0.1) is 16.7 Å². The van der Waals surface area contributed by atoms with Crippen molar-refractivity contribution in [1.82, 2.24) is 19.5 Å². The second-order valence-electron chi connectivity index (χ2n) is 16.8. The molecule has 4 aromatic heterocycles. The Hall–Kier alpha value is -8.45. The molecule has 4 heterocycles. The van der Waals surface area contributed by atoms with Crippen LogP contribution in [0.5, 0.6) is 0 Å². The number of aromatic nitrogens is 4. The van der Waals surface area contributed by atoms with Crippen LogP contribution in [0, 0.1) is 0 Å². The lowest BCUT2D eigenvalue weighted by Crippen LogP contribution is -2.04. The van der Waals surface area contributed by atoms with Crippen molar-refractivity contribution < 1.29 is 4.42 Å². The first kappa shape index (κ1) is 36.1. The fraction of sp³-hybridized carbons (Fsp3) is 0. The maximum atomic E-state index is 6.70. The number of thiophene rings is 1. The van der Waals surface area contributed by atoms with Crippen LogP contribution in [0.3, 0.4) is 0 Å². The highest BCUT2D eigenvalue weighted by Gasteiger charge is 2.24. The molecule has 302 valence electrons. The van der Waals surface area contributed by atoms with Gasteiger partial charge >= 0.3 is 0 Å². The van der Waals surface area contributed by atoms with Crippen molar-refractivity contribution in [3.63, 3.8) is 0 Å². The predicted molar refractivity (Wildman–Crippen MR) is 271 cm³/mol. The highest BCUT2D eigenvalue weighted by atomic mass is 32.1. The average molecular weight is 847 g/mol. The molecule has 0 spiro atoms. The van der Waals surface area contributed by atoms with Crippen molar-refractivity contribution in [2.75, 3.05) is 0 Å². The zero-order chi connectivity index (χ0) is 42.6. The topological polar surface area (TPSA) is 56.7 Å². The number of rotatable bonds is 5.